The molecule has 1 aromatic carbocycles. The van der Waals surface area contributed by atoms with Crippen LogP contribution in [0, 0.1) is 13.8 Å². The van der Waals surface area contributed by atoms with E-state index in [1.165, 1.54) is 13.2 Å². The highest BCUT2D eigenvalue weighted by molar-refractivity contribution is 5.95. The van der Waals surface area contributed by atoms with Crippen molar-refractivity contribution in [1.29, 1.82) is 0 Å². The molecule has 1 unspecified atom stereocenters. The lowest BCUT2D eigenvalue weighted by atomic mass is 10.0. The lowest BCUT2D eigenvalue weighted by molar-refractivity contribution is -0.153. The van der Waals surface area contributed by atoms with Gasteiger partial charge in [0.05, 0.1) is 18.5 Å². The number of aromatic nitrogens is 2. The number of aryl methyl sites for hydroxylation is 1. The number of ether oxygens (including phenoxy) is 1. The zero-order valence-corrected chi connectivity index (χ0v) is 16.0. The molecule has 0 spiro atoms. The Labute approximate surface area is 159 Å². The van der Waals surface area contributed by atoms with E-state index in [4.69, 9.17) is 4.74 Å². The van der Waals surface area contributed by atoms with Gasteiger partial charge < -0.3 is 9.64 Å². The second-order valence-corrected chi connectivity index (χ2v) is 6.73. The molecular weight excluding hydrogens is 342 g/mol. The Kier molecular flexibility index (Phi) is 5.74. The lowest BCUT2D eigenvalue weighted by Gasteiger charge is -2.32. The van der Waals surface area contributed by atoms with E-state index in [2.05, 4.69) is 5.10 Å². The molecule has 142 valence electrons. The number of methoxy groups -OCH3 is 1. The fourth-order valence-electron chi connectivity index (χ4n) is 3.54. The third-order valence-corrected chi connectivity index (χ3v) is 5.00. The summed E-state index contributed by atoms with van der Waals surface area (Å²) in [5.41, 5.74) is 3.71. The second-order valence-electron chi connectivity index (χ2n) is 6.73. The molecule has 3 rings (SSSR count). The van der Waals surface area contributed by atoms with Gasteiger partial charge >= 0.3 is 5.97 Å². The highest BCUT2D eigenvalue weighted by Gasteiger charge is 2.31. The predicted octanol–water partition coefficient (Wildman–Crippen LogP) is 3.06. The zero-order chi connectivity index (χ0) is 19.4. The number of piperidine rings is 1. The van der Waals surface area contributed by atoms with Crippen molar-refractivity contribution in [3.8, 4) is 5.69 Å². The molecule has 1 fully saturated rings. The van der Waals surface area contributed by atoms with E-state index in [0.29, 0.717) is 13.0 Å². The van der Waals surface area contributed by atoms with Crippen LogP contribution >= 0.6 is 0 Å². The van der Waals surface area contributed by atoms with E-state index in [9.17, 15) is 9.59 Å². The summed E-state index contributed by atoms with van der Waals surface area (Å²) in [6.45, 7) is 4.48. The highest BCUT2D eigenvalue weighted by Crippen LogP contribution is 2.21. The van der Waals surface area contributed by atoms with Crippen molar-refractivity contribution in [3.05, 3.63) is 53.4 Å². The number of likely N-dealkylation sites (tertiary alicyclic amines) is 1. The quantitative estimate of drug-likeness (QED) is 0.615. The van der Waals surface area contributed by atoms with Crippen LogP contribution in [0.2, 0.25) is 0 Å². The van der Waals surface area contributed by atoms with Crippen molar-refractivity contribution in [1.82, 2.24) is 14.7 Å². The highest BCUT2D eigenvalue weighted by atomic mass is 16.5. The summed E-state index contributed by atoms with van der Waals surface area (Å²) in [6.07, 6.45) is 5.80. The normalized spacial score (nSPS) is 17.3. The monoisotopic (exact) mass is 367 g/mol. The van der Waals surface area contributed by atoms with Gasteiger partial charge in [0, 0.05) is 23.9 Å². The Morgan fingerprint density at radius 1 is 1.19 bits per heavy atom. The maximum absolute atomic E-state index is 12.7. The van der Waals surface area contributed by atoms with Crippen molar-refractivity contribution in [2.24, 2.45) is 0 Å². The maximum atomic E-state index is 12.7. The smallest absolute Gasteiger partial charge is 0.328 e. The van der Waals surface area contributed by atoms with Gasteiger partial charge in [-0.05, 0) is 51.3 Å². The molecule has 0 aliphatic carbocycles. The molecule has 1 atom stereocenters. The summed E-state index contributed by atoms with van der Waals surface area (Å²) in [6, 6.07) is 9.39. The van der Waals surface area contributed by atoms with E-state index >= 15 is 0 Å². The van der Waals surface area contributed by atoms with E-state index in [0.717, 1.165) is 35.5 Å². The first-order chi connectivity index (χ1) is 13.0. The molecule has 1 aromatic heterocycles. The van der Waals surface area contributed by atoms with Gasteiger partial charge in [-0.1, -0.05) is 18.2 Å². The van der Waals surface area contributed by atoms with Crippen molar-refractivity contribution in [2.45, 2.75) is 39.2 Å². The average Bonchev–Trinajstić information content (AvgIpc) is 2.99. The van der Waals surface area contributed by atoms with Crippen molar-refractivity contribution < 1.29 is 14.3 Å². The topological polar surface area (TPSA) is 64.4 Å². The minimum Gasteiger partial charge on any atom is -0.467 e. The van der Waals surface area contributed by atoms with Crippen LogP contribution in [0.4, 0.5) is 0 Å². The molecule has 0 N–H and O–H groups in total. The van der Waals surface area contributed by atoms with Gasteiger partial charge in [-0.25, -0.2) is 9.48 Å². The van der Waals surface area contributed by atoms with Crippen LogP contribution in [-0.4, -0.2) is 46.3 Å². The van der Waals surface area contributed by atoms with Crippen molar-refractivity contribution in [2.75, 3.05) is 13.7 Å². The number of benzene rings is 1. The molecule has 6 nitrogen and oxygen atoms in total. The molecule has 0 bridgehead atoms. The Morgan fingerprint density at radius 3 is 2.63 bits per heavy atom. The number of nitrogens with zero attached hydrogens (tertiary/aromatic N) is 3. The SMILES string of the molecule is COC(=O)C1CCCCN1C(=O)/C=C/c1c(C)nn(-c2ccccc2)c1C. The largest absolute Gasteiger partial charge is 0.467 e. The number of hydrogen-bond donors (Lipinski definition) is 0. The Balaban J connectivity index is 1.82. The summed E-state index contributed by atoms with van der Waals surface area (Å²) in [5, 5.41) is 4.59. The van der Waals surface area contributed by atoms with Gasteiger partial charge in [-0.2, -0.15) is 5.10 Å². The lowest BCUT2D eigenvalue weighted by Crippen LogP contribution is -2.47. The number of amides is 1. The molecule has 6 heteroatoms. The van der Waals surface area contributed by atoms with E-state index in [1.54, 1.807) is 11.0 Å². The van der Waals surface area contributed by atoms with Crippen LogP contribution in [0.25, 0.3) is 11.8 Å². The fourth-order valence-corrected chi connectivity index (χ4v) is 3.54. The van der Waals surface area contributed by atoms with Crippen LogP contribution in [0.1, 0.15) is 36.2 Å². The number of hydrogen-bond acceptors (Lipinski definition) is 4. The average molecular weight is 367 g/mol. The molecule has 1 amide bonds. The summed E-state index contributed by atoms with van der Waals surface area (Å²) in [4.78, 5) is 26.3. The van der Waals surface area contributed by atoms with Gasteiger partial charge in [0.15, 0.2) is 0 Å². The van der Waals surface area contributed by atoms with Gasteiger partial charge in [0.2, 0.25) is 5.91 Å². The van der Waals surface area contributed by atoms with Crippen molar-refractivity contribution in [3.63, 3.8) is 0 Å². The number of carbonyl (C=O) groups is 2. The number of esters is 1. The maximum Gasteiger partial charge on any atom is 0.328 e. The van der Waals surface area contributed by atoms with E-state index in [1.807, 2.05) is 48.9 Å². The number of carbonyl (C=O) groups excluding carboxylic acids is 2. The molecule has 1 aliphatic heterocycles. The predicted molar refractivity (Wildman–Crippen MR) is 103 cm³/mol. The molecule has 1 saturated heterocycles. The molecule has 1 aliphatic rings. The fraction of sp³-hybridized carbons (Fsp3) is 0.381. The summed E-state index contributed by atoms with van der Waals surface area (Å²) in [7, 11) is 1.36. The van der Waals surface area contributed by atoms with Gasteiger partial charge in [-0.15, -0.1) is 0 Å². The van der Waals surface area contributed by atoms with Crippen LogP contribution < -0.4 is 0 Å². The Morgan fingerprint density at radius 2 is 1.93 bits per heavy atom. The Hall–Kier alpha value is -2.89. The van der Waals surface area contributed by atoms with Crippen LogP contribution in [0.15, 0.2) is 36.4 Å². The van der Waals surface area contributed by atoms with E-state index in [-0.39, 0.29) is 11.9 Å². The van der Waals surface area contributed by atoms with Gasteiger partial charge in [0.1, 0.15) is 6.04 Å². The molecule has 2 aromatic rings. The standard InChI is InChI=1S/C21H25N3O3/c1-15-18(16(2)24(22-15)17-9-5-4-6-10-17)12-13-20(25)23-14-8-7-11-19(23)21(26)27-3/h4-6,9-10,12-13,19H,7-8,11,14H2,1-3H3/b13-12+. The first-order valence-electron chi connectivity index (χ1n) is 9.21. The molecule has 2 heterocycles. The summed E-state index contributed by atoms with van der Waals surface area (Å²) >= 11 is 0. The Bertz CT molecular complexity index is 855. The van der Waals surface area contributed by atoms with Crippen LogP contribution in [-0.2, 0) is 14.3 Å². The molecule has 27 heavy (non-hydrogen) atoms. The minimum atomic E-state index is -0.491. The van der Waals surface area contributed by atoms with E-state index < -0.39 is 6.04 Å². The minimum absolute atomic E-state index is 0.170. The molecule has 0 radical (unpaired) electrons. The first kappa shape index (κ1) is 18.9. The first-order valence-corrected chi connectivity index (χ1v) is 9.21. The molecular formula is C21H25N3O3. The van der Waals surface area contributed by atoms with Crippen molar-refractivity contribution >= 4 is 18.0 Å². The second kappa shape index (κ2) is 8.20. The summed E-state index contributed by atoms with van der Waals surface area (Å²) in [5.74, 6) is -0.517. The van der Waals surface area contributed by atoms with Crippen LogP contribution in [0.3, 0.4) is 0 Å². The van der Waals surface area contributed by atoms with Gasteiger partial charge in [-0.3, -0.25) is 4.79 Å². The van der Waals surface area contributed by atoms with Gasteiger partial charge in [0.25, 0.3) is 0 Å². The summed E-state index contributed by atoms with van der Waals surface area (Å²) < 4.78 is 6.73. The third kappa shape index (κ3) is 3.94. The third-order valence-electron chi connectivity index (χ3n) is 5.00. The molecule has 0 saturated carbocycles. The zero-order valence-electron chi connectivity index (χ0n) is 16.0. The number of para-hydroxylation sites is 1. The number of rotatable bonds is 4. The van der Waals surface area contributed by atoms with Crippen LogP contribution in [0.5, 0.6) is 0 Å².